The lowest BCUT2D eigenvalue weighted by Gasteiger charge is -2.33. The highest BCUT2D eigenvalue weighted by Gasteiger charge is 2.36. The van der Waals surface area contributed by atoms with E-state index >= 15 is 0 Å². The van der Waals surface area contributed by atoms with Crippen LogP contribution in [0.3, 0.4) is 0 Å². The normalized spacial score (nSPS) is 20.1. The number of rotatable bonds is 3. The minimum absolute atomic E-state index is 0.0844. The second-order valence-corrected chi connectivity index (χ2v) is 8.20. The zero-order chi connectivity index (χ0) is 19.1. The fraction of sp³-hybridized carbons (Fsp3) is 0.316. The summed E-state index contributed by atoms with van der Waals surface area (Å²) >= 11 is 1.60. The van der Waals surface area contributed by atoms with Crippen LogP contribution < -0.4 is 11.1 Å². The van der Waals surface area contributed by atoms with Crippen LogP contribution in [0.1, 0.15) is 39.0 Å². The minimum Gasteiger partial charge on any atom is -0.369 e. The molecule has 6 nitrogen and oxygen atoms in total. The highest BCUT2D eigenvalue weighted by atomic mass is 32.1. The van der Waals surface area contributed by atoms with Crippen molar-refractivity contribution >= 4 is 34.8 Å². The molecule has 1 aromatic heterocycles. The predicted molar refractivity (Wildman–Crippen MR) is 105 cm³/mol. The molecule has 1 aromatic carbocycles. The number of carbonyl (C=O) groups excluding carboxylic acids is 2. The lowest BCUT2D eigenvalue weighted by atomic mass is 9.87. The molecule has 0 spiro atoms. The van der Waals surface area contributed by atoms with Crippen molar-refractivity contribution in [1.82, 2.24) is 4.90 Å². The van der Waals surface area contributed by atoms with E-state index in [-0.39, 0.29) is 24.2 Å². The summed E-state index contributed by atoms with van der Waals surface area (Å²) in [7, 11) is 1.61. The number of carbonyl (C=O) groups is 2. The van der Waals surface area contributed by atoms with Gasteiger partial charge in [0.05, 0.1) is 17.5 Å². The second kappa shape index (κ2) is 6.57. The van der Waals surface area contributed by atoms with E-state index < -0.39 is 5.54 Å². The van der Waals surface area contributed by atoms with Gasteiger partial charge in [-0.15, -0.1) is 11.3 Å². The number of amides is 2. The molecule has 1 aliphatic rings. The van der Waals surface area contributed by atoms with E-state index in [4.69, 9.17) is 5.73 Å². The Labute approximate surface area is 156 Å². The van der Waals surface area contributed by atoms with Crippen LogP contribution in [-0.4, -0.2) is 29.7 Å². The number of aliphatic imine (C=N–C) groups is 1. The largest absolute Gasteiger partial charge is 0.369 e. The molecule has 2 aromatic rings. The summed E-state index contributed by atoms with van der Waals surface area (Å²) < 4.78 is 0. The molecule has 2 amide bonds. The third kappa shape index (κ3) is 3.35. The summed E-state index contributed by atoms with van der Waals surface area (Å²) in [6.07, 6.45) is 0.227. The Morgan fingerprint density at radius 2 is 2.08 bits per heavy atom. The van der Waals surface area contributed by atoms with Gasteiger partial charge in [0.1, 0.15) is 0 Å². The molecule has 136 valence electrons. The van der Waals surface area contributed by atoms with Crippen molar-refractivity contribution in [2.24, 2.45) is 10.7 Å². The third-order valence-electron chi connectivity index (χ3n) is 4.60. The molecule has 2 heterocycles. The zero-order valence-corrected chi connectivity index (χ0v) is 16.1. The quantitative estimate of drug-likeness (QED) is 0.870. The van der Waals surface area contributed by atoms with Crippen LogP contribution >= 0.6 is 11.3 Å². The average molecular weight is 370 g/mol. The van der Waals surface area contributed by atoms with Gasteiger partial charge in [0.25, 0.3) is 5.91 Å². The average Bonchev–Trinajstić information content (AvgIpc) is 2.91. The first kappa shape index (κ1) is 18.1. The van der Waals surface area contributed by atoms with Gasteiger partial charge in [-0.05, 0) is 44.5 Å². The van der Waals surface area contributed by atoms with Crippen LogP contribution in [-0.2, 0) is 10.3 Å². The van der Waals surface area contributed by atoms with Crippen LogP contribution in [0.15, 0.2) is 35.3 Å². The lowest BCUT2D eigenvalue weighted by molar-refractivity contribution is -0.128. The molecular formula is C19H22N4O2S. The smallest absolute Gasteiger partial charge is 0.256 e. The van der Waals surface area contributed by atoms with Gasteiger partial charge in [0, 0.05) is 22.5 Å². The third-order valence-corrected chi connectivity index (χ3v) is 5.57. The number of anilines is 1. The van der Waals surface area contributed by atoms with Crippen molar-refractivity contribution in [2.45, 2.75) is 32.7 Å². The molecular weight excluding hydrogens is 348 g/mol. The number of nitrogens with zero attached hydrogens (tertiary/aromatic N) is 2. The summed E-state index contributed by atoms with van der Waals surface area (Å²) in [5, 5.41) is 2.93. The van der Waals surface area contributed by atoms with Gasteiger partial charge in [-0.3, -0.25) is 14.5 Å². The monoisotopic (exact) mass is 370 g/mol. The van der Waals surface area contributed by atoms with Crippen LogP contribution in [0.5, 0.6) is 0 Å². The van der Waals surface area contributed by atoms with E-state index in [1.807, 2.05) is 51.1 Å². The molecule has 0 aliphatic carbocycles. The van der Waals surface area contributed by atoms with Crippen molar-refractivity contribution in [3.63, 3.8) is 0 Å². The van der Waals surface area contributed by atoms with E-state index in [0.717, 1.165) is 15.3 Å². The second-order valence-electron chi connectivity index (χ2n) is 6.74. The molecule has 0 saturated carbocycles. The Morgan fingerprint density at radius 3 is 2.69 bits per heavy atom. The maximum atomic E-state index is 12.5. The van der Waals surface area contributed by atoms with Crippen molar-refractivity contribution in [3.8, 4) is 0 Å². The van der Waals surface area contributed by atoms with E-state index in [1.165, 1.54) is 4.90 Å². The number of guanidine groups is 1. The van der Waals surface area contributed by atoms with Gasteiger partial charge in [-0.2, -0.15) is 0 Å². The Kier molecular flexibility index (Phi) is 4.58. The molecule has 0 radical (unpaired) electrons. The highest BCUT2D eigenvalue weighted by Crippen LogP contribution is 2.34. The SMILES string of the molecule is Cc1cc(C(=O)Nc2cccc(C3(C)CC(=O)N(C)C(N)=N3)c2)c(C)s1. The van der Waals surface area contributed by atoms with E-state index in [0.29, 0.717) is 11.3 Å². The molecule has 7 heteroatoms. The predicted octanol–water partition coefficient (Wildman–Crippen LogP) is 3.01. The maximum Gasteiger partial charge on any atom is 0.256 e. The molecule has 1 unspecified atom stereocenters. The minimum atomic E-state index is -0.747. The van der Waals surface area contributed by atoms with Gasteiger partial charge in [-0.25, -0.2) is 4.99 Å². The number of hydrogen-bond acceptors (Lipinski definition) is 5. The van der Waals surface area contributed by atoms with Crippen LogP contribution in [0, 0.1) is 13.8 Å². The molecule has 0 bridgehead atoms. The highest BCUT2D eigenvalue weighted by molar-refractivity contribution is 7.12. The van der Waals surface area contributed by atoms with Gasteiger partial charge in [-0.1, -0.05) is 12.1 Å². The number of hydrogen-bond donors (Lipinski definition) is 2. The number of nitrogens with one attached hydrogen (secondary N) is 1. The van der Waals surface area contributed by atoms with Crippen molar-refractivity contribution in [3.05, 3.63) is 51.2 Å². The van der Waals surface area contributed by atoms with Crippen molar-refractivity contribution in [2.75, 3.05) is 12.4 Å². The summed E-state index contributed by atoms with van der Waals surface area (Å²) in [5.41, 5.74) is 7.31. The lowest BCUT2D eigenvalue weighted by Crippen LogP contribution is -2.47. The van der Waals surface area contributed by atoms with Crippen LogP contribution in [0.25, 0.3) is 0 Å². The Balaban J connectivity index is 1.88. The van der Waals surface area contributed by atoms with E-state index in [9.17, 15) is 9.59 Å². The van der Waals surface area contributed by atoms with Crippen LogP contribution in [0.2, 0.25) is 0 Å². The number of nitrogens with two attached hydrogens (primary N) is 1. The maximum absolute atomic E-state index is 12.5. The van der Waals surface area contributed by atoms with Gasteiger partial charge in [0.2, 0.25) is 5.91 Å². The van der Waals surface area contributed by atoms with Crippen LogP contribution in [0.4, 0.5) is 5.69 Å². The molecule has 26 heavy (non-hydrogen) atoms. The summed E-state index contributed by atoms with van der Waals surface area (Å²) in [6.45, 7) is 5.79. The first-order valence-corrected chi connectivity index (χ1v) is 9.12. The first-order valence-electron chi connectivity index (χ1n) is 8.30. The van der Waals surface area contributed by atoms with E-state index in [1.54, 1.807) is 18.4 Å². The molecule has 1 atom stereocenters. The Hall–Kier alpha value is -2.67. The molecule has 0 fully saturated rings. The van der Waals surface area contributed by atoms with Gasteiger partial charge < -0.3 is 11.1 Å². The number of aryl methyl sites for hydroxylation is 2. The Morgan fingerprint density at radius 1 is 1.35 bits per heavy atom. The fourth-order valence-corrected chi connectivity index (χ4v) is 3.98. The topological polar surface area (TPSA) is 87.8 Å². The fourth-order valence-electron chi connectivity index (χ4n) is 3.06. The van der Waals surface area contributed by atoms with Crippen molar-refractivity contribution in [1.29, 1.82) is 0 Å². The number of benzene rings is 1. The van der Waals surface area contributed by atoms with E-state index in [2.05, 4.69) is 10.3 Å². The molecule has 3 rings (SSSR count). The standard InChI is InChI=1S/C19H22N4O2S/c1-11-8-15(12(2)26-11)17(25)21-14-7-5-6-13(9-14)19(3)10-16(24)23(4)18(20)22-19/h5-9H,10H2,1-4H3,(H2,20,22)(H,21,25). The molecule has 0 saturated heterocycles. The summed E-state index contributed by atoms with van der Waals surface area (Å²) in [5.74, 6) is -0.0296. The summed E-state index contributed by atoms with van der Waals surface area (Å²) in [6, 6.07) is 9.30. The summed E-state index contributed by atoms with van der Waals surface area (Å²) in [4.78, 5) is 32.7. The van der Waals surface area contributed by atoms with Gasteiger partial charge in [0.15, 0.2) is 5.96 Å². The molecule has 3 N–H and O–H groups in total. The number of thiophene rings is 1. The zero-order valence-electron chi connectivity index (χ0n) is 15.3. The first-order chi connectivity index (χ1) is 12.2. The Bertz CT molecular complexity index is 918. The van der Waals surface area contributed by atoms with Gasteiger partial charge >= 0.3 is 0 Å². The van der Waals surface area contributed by atoms with Crippen molar-refractivity contribution < 1.29 is 9.59 Å². The molecule has 1 aliphatic heterocycles.